The lowest BCUT2D eigenvalue weighted by atomic mass is 9.49. The van der Waals surface area contributed by atoms with Crippen LogP contribution < -0.4 is 5.32 Å². The fraction of sp³-hybridized carbons (Fsp3) is 0.952. The van der Waals surface area contributed by atoms with Crippen LogP contribution >= 0.6 is 0 Å². The van der Waals surface area contributed by atoms with Gasteiger partial charge in [-0.1, -0.05) is 0 Å². The molecule has 1 N–H and O–H groups in total. The molecule has 4 saturated carbocycles. The van der Waals surface area contributed by atoms with Crippen molar-refractivity contribution in [1.29, 1.82) is 0 Å². The number of likely N-dealkylation sites (N-methyl/N-ethyl adjacent to an activating group) is 1. The lowest BCUT2D eigenvalue weighted by molar-refractivity contribution is -0.130. The van der Waals surface area contributed by atoms with Gasteiger partial charge in [0.15, 0.2) is 0 Å². The van der Waals surface area contributed by atoms with Crippen LogP contribution in [0.3, 0.4) is 0 Å². The van der Waals surface area contributed by atoms with Gasteiger partial charge >= 0.3 is 0 Å². The maximum absolute atomic E-state index is 12.8. The van der Waals surface area contributed by atoms with Crippen molar-refractivity contribution in [2.24, 2.45) is 23.2 Å². The molecule has 1 heterocycles. The van der Waals surface area contributed by atoms with Crippen LogP contribution in [0, 0.1) is 23.2 Å². The Morgan fingerprint density at radius 2 is 1.52 bits per heavy atom. The van der Waals surface area contributed by atoms with E-state index in [4.69, 9.17) is 0 Å². The predicted molar refractivity (Wildman–Crippen MR) is 101 cm³/mol. The topological polar surface area (TPSA) is 35.6 Å². The first-order valence-corrected chi connectivity index (χ1v) is 10.5. The highest BCUT2D eigenvalue weighted by atomic mass is 16.1. The van der Waals surface area contributed by atoms with Crippen LogP contribution in [0.25, 0.3) is 0 Å². The Morgan fingerprint density at radius 1 is 1.00 bits per heavy atom. The minimum Gasteiger partial charge on any atom is -0.354 e. The predicted octanol–water partition coefficient (Wildman–Crippen LogP) is 2.74. The number of carbonyl (C=O) groups excluding carboxylic acids is 1. The van der Waals surface area contributed by atoms with E-state index < -0.39 is 0 Å². The Hall–Kier alpha value is -0.610. The molecule has 142 valence electrons. The van der Waals surface area contributed by atoms with Crippen molar-refractivity contribution < 1.29 is 4.79 Å². The molecule has 0 aromatic heterocycles. The van der Waals surface area contributed by atoms with E-state index in [0.717, 1.165) is 56.9 Å². The number of nitrogens with one attached hydrogen (secondary N) is 1. The van der Waals surface area contributed by atoms with Crippen LogP contribution in [0.5, 0.6) is 0 Å². The van der Waals surface area contributed by atoms with Gasteiger partial charge in [0.1, 0.15) is 0 Å². The van der Waals surface area contributed by atoms with Gasteiger partial charge in [-0.15, -0.1) is 0 Å². The Balaban J connectivity index is 1.29. The fourth-order valence-corrected chi connectivity index (χ4v) is 6.75. The van der Waals surface area contributed by atoms with Crippen LogP contribution in [0.15, 0.2) is 0 Å². The van der Waals surface area contributed by atoms with E-state index in [-0.39, 0.29) is 5.54 Å². The molecule has 25 heavy (non-hydrogen) atoms. The van der Waals surface area contributed by atoms with Gasteiger partial charge < -0.3 is 10.2 Å². The summed E-state index contributed by atoms with van der Waals surface area (Å²) < 4.78 is 0. The second-order valence-electron chi connectivity index (χ2n) is 10.5. The summed E-state index contributed by atoms with van der Waals surface area (Å²) in [5.41, 5.74) is 0.412. The third kappa shape index (κ3) is 3.75. The molecule has 4 heteroatoms. The van der Waals surface area contributed by atoms with E-state index in [0.29, 0.717) is 11.3 Å². The fourth-order valence-electron chi connectivity index (χ4n) is 6.75. The smallest absolute Gasteiger partial charge is 0.220 e. The molecular weight excluding hydrogens is 310 g/mol. The molecule has 1 amide bonds. The molecule has 4 nitrogen and oxygen atoms in total. The van der Waals surface area contributed by atoms with Crippen LogP contribution in [0.4, 0.5) is 0 Å². The van der Waals surface area contributed by atoms with Crippen LogP contribution in [0.1, 0.15) is 58.8 Å². The maximum Gasteiger partial charge on any atom is 0.220 e. The number of rotatable bonds is 5. The van der Waals surface area contributed by atoms with E-state index >= 15 is 0 Å². The minimum atomic E-state index is 0.0540. The third-order valence-electron chi connectivity index (χ3n) is 7.78. The molecule has 0 aromatic rings. The molecule has 4 aliphatic carbocycles. The zero-order valence-electron chi connectivity index (χ0n) is 16.5. The summed E-state index contributed by atoms with van der Waals surface area (Å²) in [6.07, 6.45) is 9.14. The van der Waals surface area contributed by atoms with Gasteiger partial charge in [-0.25, -0.2) is 0 Å². The van der Waals surface area contributed by atoms with Crippen molar-refractivity contribution in [3.63, 3.8) is 0 Å². The van der Waals surface area contributed by atoms with Crippen molar-refractivity contribution in [2.45, 2.75) is 64.3 Å². The summed E-state index contributed by atoms with van der Waals surface area (Å²) >= 11 is 0. The summed E-state index contributed by atoms with van der Waals surface area (Å²) in [5, 5.41) is 3.31. The molecule has 5 aliphatic rings. The first kappa shape index (κ1) is 17.8. The van der Waals surface area contributed by atoms with Gasteiger partial charge in [0.25, 0.3) is 0 Å². The highest BCUT2D eigenvalue weighted by Crippen LogP contribution is 2.61. The van der Waals surface area contributed by atoms with Crippen molar-refractivity contribution >= 4 is 5.91 Å². The minimum absolute atomic E-state index is 0.0540. The van der Waals surface area contributed by atoms with Crippen LogP contribution in [-0.4, -0.2) is 61.0 Å². The molecule has 5 rings (SSSR count). The highest BCUT2D eigenvalue weighted by molar-refractivity contribution is 5.76. The molecule has 1 aliphatic heterocycles. The number of piperazine rings is 1. The molecule has 0 aromatic carbocycles. The second-order valence-corrected chi connectivity index (χ2v) is 10.5. The van der Waals surface area contributed by atoms with Crippen molar-refractivity contribution in [3.05, 3.63) is 0 Å². The summed E-state index contributed by atoms with van der Waals surface area (Å²) in [6.45, 7) is 9.81. The van der Waals surface area contributed by atoms with E-state index in [2.05, 4.69) is 36.0 Å². The highest BCUT2D eigenvalue weighted by Gasteiger charge is 2.51. The molecule has 5 fully saturated rings. The molecule has 1 saturated heterocycles. The van der Waals surface area contributed by atoms with Gasteiger partial charge in [0.2, 0.25) is 5.91 Å². The lowest BCUT2D eigenvalue weighted by Crippen LogP contribution is -2.58. The number of nitrogens with zero attached hydrogens (tertiary/aromatic N) is 2. The van der Waals surface area contributed by atoms with Gasteiger partial charge in [0, 0.05) is 44.7 Å². The van der Waals surface area contributed by atoms with Gasteiger partial charge in [-0.2, -0.15) is 0 Å². The molecule has 0 spiro atoms. The first-order chi connectivity index (χ1) is 11.8. The summed E-state index contributed by atoms with van der Waals surface area (Å²) in [4.78, 5) is 17.7. The Morgan fingerprint density at radius 3 is 2.04 bits per heavy atom. The molecule has 0 unspecified atom stereocenters. The number of carbonyl (C=O) groups is 1. The Kier molecular flexibility index (Phi) is 4.64. The monoisotopic (exact) mass is 347 g/mol. The lowest BCUT2D eigenvalue weighted by Gasteiger charge is -2.56. The largest absolute Gasteiger partial charge is 0.354 e. The summed E-state index contributed by atoms with van der Waals surface area (Å²) in [5.74, 6) is 3.10. The van der Waals surface area contributed by atoms with E-state index in [1.807, 2.05) is 0 Å². The van der Waals surface area contributed by atoms with Crippen LogP contribution in [-0.2, 0) is 4.79 Å². The Labute approximate surface area is 153 Å². The number of hydrogen-bond acceptors (Lipinski definition) is 3. The van der Waals surface area contributed by atoms with Crippen molar-refractivity contribution in [2.75, 3.05) is 39.8 Å². The van der Waals surface area contributed by atoms with E-state index in [1.54, 1.807) is 0 Å². The average Bonchev–Trinajstić information content (AvgIpc) is 2.52. The summed E-state index contributed by atoms with van der Waals surface area (Å²) in [6, 6.07) is 0. The third-order valence-corrected chi connectivity index (χ3v) is 7.78. The standard InChI is InChI=1S/C21H37N3O/c1-20(2,24-6-4-23(3)5-7-24)15-22-19(25)14-21-11-16-8-17(12-21)10-18(9-16)13-21/h16-18H,4-15H2,1-3H3,(H,22,25). The molecule has 4 bridgehead atoms. The van der Waals surface area contributed by atoms with Gasteiger partial charge in [-0.05, 0) is 82.6 Å². The zero-order valence-corrected chi connectivity index (χ0v) is 16.5. The molecule has 0 radical (unpaired) electrons. The zero-order chi connectivity index (χ0) is 17.7. The average molecular weight is 348 g/mol. The Bertz CT molecular complexity index is 472. The molecule has 0 atom stereocenters. The number of amides is 1. The number of hydrogen-bond donors (Lipinski definition) is 1. The van der Waals surface area contributed by atoms with Gasteiger partial charge in [-0.3, -0.25) is 9.69 Å². The summed E-state index contributed by atoms with van der Waals surface area (Å²) in [7, 11) is 2.19. The second kappa shape index (κ2) is 6.53. The quantitative estimate of drug-likeness (QED) is 0.831. The van der Waals surface area contributed by atoms with E-state index in [9.17, 15) is 4.79 Å². The van der Waals surface area contributed by atoms with Crippen LogP contribution in [0.2, 0.25) is 0 Å². The van der Waals surface area contributed by atoms with Crippen molar-refractivity contribution in [3.8, 4) is 0 Å². The first-order valence-electron chi connectivity index (χ1n) is 10.5. The van der Waals surface area contributed by atoms with Crippen molar-refractivity contribution in [1.82, 2.24) is 15.1 Å². The normalized spacial score (nSPS) is 38.9. The van der Waals surface area contributed by atoms with Gasteiger partial charge in [0.05, 0.1) is 0 Å². The SMILES string of the molecule is CN1CCN(C(C)(C)CNC(=O)CC23CC4CC(CC(C4)C2)C3)CC1. The maximum atomic E-state index is 12.8. The molecular formula is C21H37N3O. The van der Waals surface area contributed by atoms with E-state index in [1.165, 1.54) is 38.5 Å².